The molecule has 5 nitrogen and oxygen atoms in total. The molecule has 0 aliphatic carbocycles. The van der Waals surface area contributed by atoms with Gasteiger partial charge in [-0.3, -0.25) is 4.79 Å². The molecule has 0 amide bonds. The zero-order valence-electron chi connectivity index (χ0n) is 9.56. The monoisotopic (exact) mass is 222 g/mol. The van der Waals surface area contributed by atoms with Crippen LogP contribution in [0.1, 0.15) is 23.1 Å². The fourth-order valence-electron chi connectivity index (χ4n) is 1.25. The van der Waals surface area contributed by atoms with E-state index < -0.39 is 5.97 Å². The zero-order chi connectivity index (χ0) is 12.1. The normalized spacial score (nSPS) is 10.7. The largest absolute Gasteiger partial charge is 0.463 e. The van der Waals surface area contributed by atoms with E-state index in [2.05, 4.69) is 9.84 Å². The molecular weight excluding hydrogens is 208 g/mol. The number of ether oxygens (including phenoxy) is 1. The van der Waals surface area contributed by atoms with E-state index >= 15 is 0 Å². The van der Waals surface area contributed by atoms with Crippen molar-refractivity contribution in [2.45, 2.75) is 20.8 Å². The fraction of sp³-hybridized carbons (Fsp3) is 0.364. The summed E-state index contributed by atoms with van der Waals surface area (Å²) >= 11 is 0. The van der Waals surface area contributed by atoms with E-state index in [0.717, 1.165) is 23.5 Å². The standard InChI is InChI=1S/C11H14N2O3/c1-4-16-11(15)6-5-10(14)13-9(3)7-8(2)12-13/h5-7H,4H2,1-3H3. The molecule has 0 aliphatic rings. The van der Waals surface area contributed by atoms with Gasteiger partial charge in [0.2, 0.25) is 0 Å². The van der Waals surface area contributed by atoms with Gasteiger partial charge in [-0.2, -0.15) is 5.10 Å². The molecule has 0 fully saturated rings. The highest BCUT2D eigenvalue weighted by molar-refractivity contribution is 5.95. The van der Waals surface area contributed by atoms with E-state index in [0.29, 0.717) is 0 Å². The lowest BCUT2D eigenvalue weighted by Gasteiger charge is -1.97. The van der Waals surface area contributed by atoms with E-state index in [1.165, 1.54) is 4.68 Å². The molecule has 0 saturated heterocycles. The molecule has 16 heavy (non-hydrogen) atoms. The fourth-order valence-corrected chi connectivity index (χ4v) is 1.25. The summed E-state index contributed by atoms with van der Waals surface area (Å²) in [5, 5.41) is 4.00. The quantitative estimate of drug-likeness (QED) is 0.570. The van der Waals surface area contributed by atoms with Crippen LogP contribution in [0, 0.1) is 13.8 Å². The van der Waals surface area contributed by atoms with Gasteiger partial charge in [0.1, 0.15) is 0 Å². The summed E-state index contributed by atoms with van der Waals surface area (Å²) in [6.45, 7) is 5.56. The van der Waals surface area contributed by atoms with Crippen molar-refractivity contribution in [3.05, 3.63) is 29.6 Å². The maximum atomic E-state index is 11.6. The number of aryl methyl sites for hydroxylation is 2. The molecule has 1 aromatic heterocycles. The molecule has 86 valence electrons. The minimum Gasteiger partial charge on any atom is -0.463 e. The third-order valence-corrected chi connectivity index (χ3v) is 1.87. The summed E-state index contributed by atoms with van der Waals surface area (Å²) in [7, 11) is 0. The molecule has 1 heterocycles. The van der Waals surface area contributed by atoms with Crippen LogP contribution in [0.5, 0.6) is 0 Å². The van der Waals surface area contributed by atoms with E-state index in [1.54, 1.807) is 26.8 Å². The molecule has 0 spiro atoms. The summed E-state index contributed by atoms with van der Waals surface area (Å²) in [5.41, 5.74) is 1.49. The lowest BCUT2D eigenvalue weighted by atomic mass is 10.4. The van der Waals surface area contributed by atoms with Gasteiger partial charge in [0.15, 0.2) is 0 Å². The van der Waals surface area contributed by atoms with Crippen LogP contribution in [0.15, 0.2) is 18.2 Å². The number of hydrogen-bond acceptors (Lipinski definition) is 4. The Labute approximate surface area is 93.7 Å². The average molecular weight is 222 g/mol. The first-order valence-corrected chi connectivity index (χ1v) is 4.97. The van der Waals surface area contributed by atoms with E-state index in [1.807, 2.05) is 0 Å². The Morgan fingerprint density at radius 2 is 2.12 bits per heavy atom. The van der Waals surface area contributed by atoms with E-state index in [9.17, 15) is 9.59 Å². The molecule has 5 heteroatoms. The molecule has 0 bridgehead atoms. The number of allylic oxidation sites excluding steroid dienone is 1. The topological polar surface area (TPSA) is 61.2 Å². The van der Waals surface area contributed by atoms with Crippen molar-refractivity contribution in [1.29, 1.82) is 0 Å². The Morgan fingerprint density at radius 1 is 1.44 bits per heavy atom. The molecule has 0 radical (unpaired) electrons. The summed E-state index contributed by atoms with van der Waals surface area (Å²) < 4.78 is 5.90. The summed E-state index contributed by atoms with van der Waals surface area (Å²) in [6.07, 6.45) is 2.25. The third kappa shape index (κ3) is 3.05. The molecule has 0 aromatic carbocycles. The SMILES string of the molecule is CCOC(=O)C=CC(=O)n1nc(C)cc1C. The summed E-state index contributed by atoms with van der Waals surface area (Å²) in [5.74, 6) is -0.893. The first kappa shape index (κ1) is 12.2. The van der Waals surface area contributed by atoms with Gasteiger partial charge < -0.3 is 4.74 Å². The first-order valence-electron chi connectivity index (χ1n) is 4.97. The number of carbonyl (C=O) groups is 2. The van der Waals surface area contributed by atoms with Crippen LogP contribution >= 0.6 is 0 Å². The van der Waals surface area contributed by atoms with Crippen LogP contribution in [0.4, 0.5) is 0 Å². The van der Waals surface area contributed by atoms with Gasteiger partial charge >= 0.3 is 5.97 Å². The van der Waals surface area contributed by atoms with Crippen LogP contribution in [0.3, 0.4) is 0 Å². The highest BCUT2D eigenvalue weighted by atomic mass is 16.5. The van der Waals surface area contributed by atoms with E-state index in [-0.39, 0.29) is 12.5 Å². The number of rotatable bonds is 3. The van der Waals surface area contributed by atoms with Gasteiger partial charge in [-0.1, -0.05) is 0 Å². The van der Waals surface area contributed by atoms with Crippen LogP contribution < -0.4 is 0 Å². The summed E-state index contributed by atoms with van der Waals surface area (Å²) in [4.78, 5) is 22.6. The van der Waals surface area contributed by atoms with Crippen molar-refractivity contribution >= 4 is 11.9 Å². The Balaban J connectivity index is 2.73. The molecule has 0 saturated carbocycles. The minimum atomic E-state index is -0.530. The lowest BCUT2D eigenvalue weighted by Crippen LogP contribution is -2.12. The Hall–Kier alpha value is -1.91. The number of aromatic nitrogens is 2. The van der Waals surface area contributed by atoms with Gasteiger partial charge in [-0.25, -0.2) is 9.48 Å². The number of carbonyl (C=O) groups excluding carboxylic acids is 2. The maximum Gasteiger partial charge on any atom is 0.330 e. The number of hydrogen-bond donors (Lipinski definition) is 0. The van der Waals surface area contributed by atoms with Crippen molar-refractivity contribution in [2.75, 3.05) is 6.61 Å². The molecule has 0 atom stereocenters. The Morgan fingerprint density at radius 3 is 2.62 bits per heavy atom. The second-order valence-corrected chi connectivity index (χ2v) is 3.26. The maximum absolute atomic E-state index is 11.6. The molecule has 0 unspecified atom stereocenters. The Bertz CT molecular complexity index is 432. The van der Waals surface area contributed by atoms with Crippen LogP contribution in [0.2, 0.25) is 0 Å². The molecule has 1 aromatic rings. The second kappa shape index (κ2) is 5.25. The lowest BCUT2D eigenvalue weighted by molar-refractivity contribution is -0.137. The van der Waals surface area contributed by atoms with Gasteiger partial charge in [-0.15, -0.1) is 0 Å². The van der Waals surface area contributed by atoms with E-state index in [4.69, 9.17) is 0 Å². The second-order valence-electron chi connectivity index (χ2n) is 3.26. The number of esters is 1. The molecule has 0 N–H and O–H groups in total. The van der Waals surface area contributed by atoms with Gasteiger partial charge in [0, 0.05) is 17.8 Å². The van der Waals surface area contributed by atoms with Crippen molar-refractivity contribution in [1.82, 2.24) is 9.78 Å². The first-order chi connectivity index (χ1) is 7.54. The van der Waals surface area contributed by atoms with Gasteiger partial charge in [-0.05, 0) is 26.8 Å². The highest BCUT2D eigenvalue weighted by Crippen LogP contribution is 2.01. The number of nitrogens with zero attached hydrogens (tertiary/aromatic N) is 2. The van der Waals surface area contributed by atoms with Gasteiger partial charge in [0.05, 0.1) is 12.3 Å². The van der Waals surface area contributed by atoms with Crippen molar-refractivity contribution in [3.63, 3.8) is 0 Å². The Kier molecular flexibility index (Phi) is 3.99. The van der Waals surface area contributed by atoms with Crippen LogP contribution in [-0.2, 0) is 9.53 Å². The predicted octanol–water partition coefficient (Wildman–Crippen LogP) is 1.26. The highest BCUT2D eigenvalue weighted by Gasteiger charge is 2.07. The van der Waals surface area contributed by atoms with Crippen LogP contribution in [-0.4, -0.2) is 28.3 Å². The minimum absolute atomic E-state index is 0.289. The third-order valence-electron chi connectivity index (χ3n) is 1.87. The van der Waals surface area contributed by atoms with Gasteiger partial charge in [0.25, 0.3) is 5.91 Å². The van der Waals surface area contributed by atoms with Crippen molar-refractivity contribution < 1.29 is 14.3 Å². The smallest absolute Gasteiger partial charge is 0.330 e. The van der Waals surface area contributed by atoms with Crippen molar-refractivity contribution in [2.24, 2.45) is 0 Å². The predicted molar refractivity (Wildman–Crippen MR) is 58.1 cm³/mol. The average Bonchev–Trinajstić information content (AvgIpc) is 2.55. The zero-order valence-corrected chi connectivity index (χ0v) is 9.56. The van der Waals surface area contributed by atoms with Crippen LogP contribution in [0.25, 0.3) is 0 Å². The van der Waals surface area contributed by atoms with Crippen molar-refractivity contribution in [3.8, 4) is 0 Å². The summed E-state index contributed by atoms with van der Waals surface area (Å²) in [6, 6.07) is 1.79. The molecule has 1 rings (SSSR count). The molecular formula is C11H14N2O3. The molecule has 0 aliphatic heterocycles.